The number of hydrogen-bond donors (Lipinski definition) is 3. The predicted molar refractivity (Wildman–Crippen MR) is 102 cm³/mol. The van der Waals surface area contributed by atoms with Crippen LogP contribution in [0.4, 0.5) is 13.2 Å². The van der Waals surface area contributed by atoms with Crippen molar-refractivity contribution in [1.29, 1.82) is 0 Å². The lowest BCUT2D eigenvalue weighted by molar-refractivity contribution is -0.144. The summed E-state index contributed by atoms with van der Waals surface area (Å²) >= 11 is 0. The number of carbonyl (C=O) groups excluding carboxylic acids is 1. The summed E-state index contributed by atoms with van der Waals surface area (Å²) in [4.78, 5) is 36.1. The molecular formula is C19H22F3N5O2. The summed E-state index contributed by atoms with van der Waals surface area (Å²) in [5.41, 5.74) is 1.97. The zero-order chi connectivity index (χ0) is 20.9. The summed E-state index contributed by atoms with van der Waals surface area (Å²) in [5.74, 6) is -0.473. The van der Waals surface area contributed by atoms with E-state index in [1.54, 1.807) is 12.4 Å². The fourth-order valence-corrected chi connectivity index (χ4v) is 3.31. The molecule has 0 atom stereocenters. The van der Waals surface area contributed by atoms with E-state index in [2.05, 4.69) is 25.3 Å². The molecule has 3 N–H and O–H groups in total. The molecule has 0 aliphatic heterocycles. The van der Waals surface area contributed by atoms with Gasteiger partial charge in [-0.15, -0.1) is 0 Å². The van der Waals surface area contributed by atoms with Gasteiger partial charge in [0.25, 0.3) is 5.56 Å². The molecule has 1 saturated carbocycles. The number of nitrogens with zero attached hydrogens (tertiary/aromatic N) is 2. The molecule has 10 heteroatoms. The van der Waals surface area contributed by atoms with Crippen LogP contribution in [0.3, 0.4) is 0 Å². The lowest BCUT2D eigenvalue weighted by Gasteiger charge is -2.22. The topological polar surface area (TPSA) is 104 Å². The Kier molecular flexibility index (Phi) is 6.50. The summed E-state index contributed by atoms with van der Waals surface area (Å²) in [7, 11) is 0. The van der Waals surface area contributed by atoms with E-state index in [1.165, 1.54) is 6.20 Å². The highest BCUT2D eigenvalue weighted by Gasteiger charge is 2.28. The number of aromatic amines is 2. The van der Waals surface area contributed by atoms with Crippen LogP contribution < -0.4 is 10.9 Å². The fourth-order valence-electron chi connectivity index (χ4n) is 3.31. The molecular weight excluding hydrogens is 387 g/mol. The highest BCUT2D eigenvalue weighted by Crippen LogP contribution is 2.22. The Balaban J connectivity index is 0.000000166. The first kappa shape index (κ1) is 20.8. The highest BCUT2D eigenvalue weighted by atomic mass is 19.4. The Morgan fingerprint density at radius 1 is 1.17 bits per heavy atom. The second-order valence-electron chi connectivity index (χ2n) is 7.02. The molecule has 7 nitrogen and oxygen atoms in total. The lowest BCUT2D eigenvalue weighted by atomic mass is 9.95. The number of aromatic nitrogens is 4. The summed E-state index contributed by atoms with van der Waals surface area (Å²) in [6, 6.07) is 1.96. The Morgan fingerprint density at radius 2 is 1.93 bits per heavy atom. The molecule has 29 heavy (non-hydrogen) atoms. The average Bonchev–Trinajstić information content (AvgIpc) is 3.17. The molecule has 1 aliphatic carbocycles. The minimum absolute atomic E-state index is 0.0967. The van der Waals surface area contributed by atoms with Crippen LogP contribution in [-0.2, 0) is 4.79 Å². The van der Waals surface area contributed by atoms with Crippen LogP contribution in [0, 0.1) is 0 Å². The Hall–Kier alpha value is -2.91. The summed E-state index contributed by atoms with van der Waals surface area (Å²) < 4.78 is 35.4. The maximum Gasteiger partial charge on any atom is 0.389 e. The van der Waals surface area contributed by atoms with Gasteiger partial charge in [0.2, 0.25) is 5.91 Å². The third-order valence-corrected chi connectivity index (χ3v) is 4.74. The van der Waals surface area contributed by atoms with Gasteiger partial charge in [0.1, 0.15) is 11.2 Å². The minimum Gasteiger partial charge on any atom is -0.353 e. The molecule has 1 aliphatic rings. The number of fused-ring (bicyclic) bond motifs is 3. The number of H-pyrrole nitrogens is 2. The molecule has 0 unspecified atom stereocenters. The van der Waals surface area contributed by atoms with Crippen LogP contribution in [0.15, 0.2) is 29.5 Å². The SMILES string of the molecule is O=C(CCC(F)(F)F)NC1CCCCC1.O=c1cnc2cnc3[nH]ccc3c2[nH]1. The Bertz CT molecular complexity index is 1020. The largest absolute Gasteiger partial charge is 0.389 e. The fraction of sp³-hybridized carbons (Fsp3) is 0.474. The molecule has 0 bridgehead atoms. The van der Waals surface area contributed by atoms with Gasteiger partial charge in [0.05, 0.1) is 24.3 Å². The number of nitrogens with one attached hydrogen (secondary N) is 3. The molecule has 0 saturated heterocycles. The third-order valence-electron chi connectivity index (χ3n) is 4.74. The Morgan fingerprint density at radius 3 is 2.66 bits per heavy atom. The molecule has 0 spiro atoms. The molecule has 0 aromatic carbocycles. The summed E-state index contributed by atoms with van der Waals surface area (Å²) in [5, 5.41) is 3.53. The van der Waals surface area contributed by atoms with Crippen molar-refractivity contribution in [3.05, 3.63) is 35.0 Å². The highest BCUT2D eigenvalue weighted by molar-refractivity contribution is 5.99. The minimum atomic E-state index is -4.23. The van der Waals surface area contributed by atoms with Gasteiger partial charge in [-0.1, -0.05) is 19.3 Å². The number of halogens is 3. The number of carbonyl (C=O) groups is 1. The van der Waals surface area contributed by atoms with Crippen molar-refractivity contribution in [1.82, 2.24) is 25.3 Å². The number of pyridine rings is 1. The maximum absolute atomic E-state index is 11.8. The normalized spacial score (nSPS) is 15.1. The lowest BCUT2D eigenvalue weighted by Crippen LogP contribution is -2.36. The van der Waals surface area contributed by atoms with Gasteiger partial charge in [-0.3, -0.25) is 9.59 Å². The standard InChI is InChI=1S/C10H16F3NO.C9H6N4O/c11-10(12,13)7-6-9(15)14-8-4-2-1-3-5-8;14-7-4-11-6-3-12-9-5(1-2-10-9)8(6)13-7/h8H,1-7H2,(H,14,15);1-4H,(H,10,12)(H,13,14). The quantitative estimate of drug-likeness (QED) is 0.615. The Labute approximate surface area is 164 Å². The zero-order valence-electron chi connectivity index (χ0n) is 15.7. The van der Waals surface area contributed by atoms with E-state index < -0.39 is 24.9 Å². The van der Waals surface area contributed by atoms with E-state index in [0.29, 0.717) is 5.52 Å². The van der Waals surface area contributed by atoms with Crippen molar-refractivity contribution < 1.29 is 18.0 Å². The van der Waals surface area contributed by atoms with Crippen molar-refractivity contribution in [2.75, 3.05) is 0 Å². The molecule has 3 aromatic heterocycles. The number of rotatable bonds is 3. The molecule has 3 heterocycles. The first-order chi connectivity index (χ1) is 13.8. The number of hydrogen-bond acceptors (Lipinski definition) is 4. The van der Waals surface area contributed by atoms with Gasteiger partial charge < -0.3 is 15.3 Å². The van der Waals surface area contributed by atoms with E-state index in [9.17, 15) is 22.8 Å². The zero-order valence-corrected chi connectivity index (χ0v) is 15.7. The first-order valence-electron chi connectivity index (χ1n) is 9.49. The van der Waals surface area contributed by atoms with Crippen molar-refractivity contribution in [2.45, 2.75) is 57.2 Å². The van der Waals surface area contributed by atoms with Gasteiger partial charge in [-0.05, 0) is 18.9 Å². The number of alkyl halides is 3. The van der Waals surface area contributed by atoms with Crippen LogP contribution in [0.5, 0.6) is 0 Å². The van der Waals surface area contributed by atoms with Crippen molar-refractivity contribution in [2.24, 2.45) is 0 Å². The van der Waals surface area contributed by atoms with Crippen molar-refractivity contribution >= 4 is 28.0 Å². The molecule has 0 radical (unpaired) electrons. The van der Waals surface area contributed by atoms with E-state index in [-0.39, 0.29) is 11.6 Å². The van der Waals surface area contributed by atoms with E-state index in [1.807, 2.05) is 6.07 Å². The van der Waals surface area contributed by atoms with Crippen LogP contribution in [0.1, 0.15) is 44.9 Å². The molecule has 1 amide bonds. The van der Waals surface area contributed by atoms with Crippen molar-refractivity contribution in [3.63, 3.8) is 0 Å². The van der Waals surface area contributed by atoms with Gasteiger partial charge in [0, 0.05) is 24.0 Å². The monoisotopic (exact) mass is 409 g/mol. The van der Waals surface area contributed by atoms with Crippen LogP contribution in [-0.4, -0.2) is 38.1 Å². The summed E-state index contributed by atoms with van der Waals surface area (Å²) in [6.45, 7) is 0. The van der Waals surface area contributed by atoms with Crippen molar-refractivity contribution in [3.8, 4) is 0 Å². The molecule has 3 aromatic rings. The predicted octanol–water partition coefficient (Wildman–Crippen LogP) is 3.58. The average molecular weight is 409 g/mol. The summed E-state index contributed by atoms with van der Waals surface area (Å²) in [6.07, 6.45) is 4.05. The second-order valence-corrected chi connectivity index (χ2v) is 7.02. The van der Waals surface area contributed by atoms with Gasteiger partial charge in [-0.2, -0.15) is 13.2 Å². The van der Waals surface area contributed by atoms with E-state index in [4.69, 9.17) is 0 Å². The van der Waals surface area contributed by atoms with Gasteiger partial charge in [-0.25, -0.2) is 9.97 Å². The molecule has 1 fully saturated rings. The van der Waals surface area contributed by atoms with E-state index >= 15 is 0 Å². The van der Waals surface area contributed by atoms with E-state index in [0.717, 1.165) is 48.7 Å². The van der Waals surface area contributed by atoms with Gasteiger partial charge >= 0.3 is 6.18 Å². The molecule has 4 rings (SSSR count). The third kappa shape index (κ3) is 6.03. The smallest absolute Gasteiger partial charge is 0.353 e. The van der Waals surface area contributed by atoms with Crippen LogP contribution in [0.2, 0.25) is 0 Å². The van der Waals surface area contributed by atoms with Crippen LogP contribution in [0.25, 0.3) is 22.1 Å². The number of amides is 1. The second kappa shape index (κ2) is 9.06. The molecule has 156 valence electrons. The first-order valence-corrected chi connectivity index (χ1v) is 9.49. The maximum atomic E-state index is 11.8. The van der Waals surface area contributed by atoms with Crippen LogP contribution >= 0.6 is 0 Å². The van der Waals surface area contributed by atoms with Gasteiger partial charge in [0.15, 0.2) is 0 Å².